The average molecular weight is 428 g/mol. The molecule has 0 spiro atoms. The molecule has 3 rings (SSSR count). The second kappa shape index (κ2) is 10.5. The summed E-state index contributed by atoms with van der Waals surface area (Å²) in [5.41, 5.74) is 5.67. The third-order valence-electron chi connectivity index (χ3n) is 4.20. The predicted molar refractivity (Wildman–Crippen MR) is 121 cm³/mol. The largest absolute Gasteiger partial charge is 0.497 e. The normalized spacial score (nSPS) is 10.8. The molecule has 158 valence electrons. The molecule has 0 aliphatic heterocycles. The van der Waals surface area contributed by atoms with Crippen LogP contribution in [0.15, 0.2) is 46.9 Å². The second-order valence-corrected chi connectivity index (χ2v) is 7.10. The van der Waals surface area contributed by atoms with Crippen LogP contribution < -0.4 is 24.4 Å². The van der Waals surface area contributed by atoms with E-state index in [1.165, 1.54) is 11.3 Å². The molecule has 0 radical (unpaired) electrons. The maximum Gasteiger partial charge on any atom is 0.203 e. The van der Waals surface area contributed by atoms with Crippen molar-refractivity contribution in [1.29, 1.82) is 0 Å². The van der Waals surface area contributed by atoms with E-state index in [9.17, 15) is 0 Å². The number of ether oxygens (including phenoxy) is 4. The molecule has 0 atom stereocenters. The van der Waals surface area contributed by atoms with Crippen molar-refractivity contribution >= 4 is 22.7 Å². The molecule has 2 aromatic carbocycles. The first kappa shape index (κ1) is 21.4. The Kier molecular flexibility index (Phi) is 7.51. The van der Waals surface area contributed by atoms with Crippen molar-refractivity contribution in [3.8, 4) is 34.3 Å². The first-order valence-electron chi connectivity index (χ1n) is 9.46. The van der Waals surface area contributed by atoms with E-state index in [1.54, 1.807) is 27.5 Å². The summed E-state index contributed by atoms with van der Waals surface area (Å²) >= 11 is 1.48. The van der Waals surface area contributed by atoms with Crippen LogP contribution >= 0.6 is 11.3 Å². The van der Waals surface area contributed by atoms with Crippen molar-refractivity contribution in [2.24, 2.45) is 5.10 Å². The van der Waals surface area contributed by atoms with Crippen LogP contribution in [0.1, 0.15) is 18.9 Å². The Morgan fingerprint density at radius 2 is 1.73 bits per heavy atom. The van der Waals surface area contributed by atoms with Crippen LogP contribution in [-0.2, 0) is 0 Å². The molecule has 0 fully saturated rings. The summed E-state index contributed by atoms with van der Waals surface area (Å²) in [7, 11) is 4.85. The fraction of sp³-hybridized carbons (Fsp3) is 0.273. The van der Waals surface area contributed by atoms with Gasteiger partial charge in [-0.05, 0) is 42.8 Å². The molecule has 1 heterocycles. The van der Waals surface area contributed by atoms with E-state index in [1.807, 2.05) is 48.7 Å². The van der Waals surface area contributed by atoms with Gasteiger partial charge in [-0.1, -0.05) is 6.92 Å². The molecule has 3 aromatic rings. The lowest BCUT2D eigenvalue weighted by molar-refractivity contribution is 0.275. The highest BCUT2D eigenvalue weighted by molar-refractivity contribution is 7.14. The van der Waals surface area contributed by atoms with Gasteiger partial charge in [-0.3, -0.25) is 5.43 Å². The van der Waals surface area contributed by atoms with Crippen molar-refractivity contribution in [3.63, 3.8) is 0 Å². The summed E-state index contributed by atoms with van der Waals surface area (Å²) in [4.78, 5) is 4.57. The van der Waals surface area contributed by atoms with E-state index in [-0.39, 0.29) is 0 Å². The van der Waals surface area contributed by atoms with Gasteiger partial charge in [-0.25, -0.2) is 4.98 Å². The van der Waals surface area contributed by atoms with Gasteiger partial charge in [0.25, 0.3) is 0 Å². The number of nitrogens with zero attached hydrogens (tertiary/aromatic N) is 2. The van der Waals surface area contributed by atoms with Gasteiger partial charge in [0.15, 0.2) is 11.5 Å². The monoisotopic (exact) mass is 427 g/mol. The maximum atomic E-state index is 5.76. The number of thiazole rings is 1. The van der Waals surface area contributed by atoms with E-state index >= 15 is 0 Å². The summed E-state index contributed by atoms with van der Waals surface area (Å²) < 4.78 is 21.9. The quantitative estimate of drug-likeness (QED) is 0.360. The number of rotatable bonds is 10. The zero-order chi connectivity index (χ0) is 21.3. The Morgan fingerprint density at radius 1 is 1.03 bits per heavy atom. The Labute approximate surface area is 180 Å². The smallest absolute Gasteiger partial charge is 0.203 e. The van der Waals surface area contributed by atoms with Gasteiger partial charge >= 0.3 is 0 Å². The standard InChI is InChI=1S/C22H25N3O4S/c1-5-10-29-21-19(27-3)11-15(12-20(21)28-4)13-23-25-22-24-18(14-30-22)16-6-8-17(26-2)9-7-16/h6-9,11-14H,5,10H2,1-4H3,(H,24,25)/b23-13-. The van der Waals surface area contributed by atoms with E-state index in [0.717, 1.165) is 29.0 Å². The van der Waals surface area contributed by atoms with Gasteiger partial charge < -0.3 is 18.9 Å². The van der Waals surface area contributed by atoms with E-state index in [0.29, 0.717) is 29.0 Å². The number of nitrogens with one attached hydrogen (secondary N) is 1. The Hall–Kier alpha value is -3.26. The highest BCUT2D eigenvalue weighted by atomic mass is 32.1. The molecule has 1 N–H and O–H groups in total. The summed E-state index contributed by atoms with van der Waals surface area (Å²) in [6.07, 6.45) is 2.58. The Morgan fingerprint density at radius 3 is 2.33 bits per heavy atom. The number of hydrogen-bond donors (Lipinski definition) is 1. The lowest BCUT2D eigenvalue weighted by atomic mass is 10.2. The van der Waals surface area contributed by atoms with Crippen LogP contribution in [0, 0.1) is 0 Å². The third kappa shape index (κ3) is 5.21. The maximum absolute atomic E-state index is 5.76. The van der Waals surface area contributed by atoms with Crippen LogP contribution in [0.25, 0.3) is 11.3 Å². The van der Waals surface area contributed by atoms with E-state index in [4.69, 9.17) is 18.9 Å². The molecular weight excluding hydrogens is 402 g/mol. The zero-order valence-corrected chi connectivity index (χ0v) is 18.3. The summed E-state index contributed by atoms with van der Waals surface area (Å²) in [5.74, 6) is 2.60. The topological polar surface area (TPSA) is 74.2 Å². The first-order valence-corrected chi connectivity index (χ1v) is 10.3. The fourth-order valence-corrected chi connectivity index (χ4v) is 3.37. The number of anilines is 1. The average Bonchev–Trinajstić information content (AvgIpc) is 3.26. The Balaban J connectivity index is 1.71. The van der Waals surface area contributed by atoms with E-state index < -0.39 is 0 Å². The molecule has 0 amide bonds. The van der Waals surface area contributed by atoms with Gasteiger partial charge in [-0.15, -0.1) is 11.3 Å². The van der Waals surface area contributed by atoms with Crippen molar-refractivity contribution in [2.75, 3.05) is 33.4 Å². The highest BCUT2D eigenvalue weighted by Gasteiger charge is 2.13. The molecule has 0 unspecified atom stereocenters. The van der Waals surface area contributed by atoms with Crippen LogP contribution in [-0.4, -0.2) is 39.1 Å². The Bertz CT molecular complexity index is 961. The molecule has 30 heavy (non-hydrogen) atoms. The van der Waals surface area contributed by atoms with Crippen molar-refractivity contribution in [1.82, 2.24) is 4.98 Å². The molecule has 0 aliphatic rings. The van der Waals surface area contributed by atoms with Crippen molar-refractivity contribution < 1.29 is 18.9 Å². The minimum atomic E-state index is 0.586. The van der Waals surface area contributed by atoms with Crippen molar-refractivity contribution in [3.05, 3.63) is 47.3 Å². The lowest BCUT2D eigenvalue weighted by Gasteiger charge is -2.14. The lowest BCUT2D eigenvalue weighted by Crippen LogP contribution is -2.01. The fourth-order valence-electron chi connectivity index (χ4n) is 2.70. The number of benzene rings is 2. The minimum absolute atomic E-state index is 0.586. The number of hydrogen-bond acceptors (Lipinski definition) is 8. The highest BCUT2D eigenvalue weighted by Crippen LogP contribution is 2.38. The SMILES string of the molecule is CCCOc1c(OC)cc(/C=N\Nc2nc(-c3ccc(OC)cc3)cs2)cc1OC. The molecule has 0 saturated heterocycles. The number of methoxy groups -OCH3 is 3. The molecule has 0 saturated carbocycles. The summed E-state index contributed by atoms with van der Waals surface area (Å²) in [6.45, 7) is 2.63. The minimum Gasteiger partial charge on any atom is -0.497 e. The van der Waals surface area contributed by atoms with Crippen LogP contribution in [0.3, 0.4) is 0 Å². The van der Waals surface area contributed by atoms with Gasteiger partial charge in [0.1, 0.15) is 5.75 Å². The van der Waals surface area contributed by atoms with Crippen molar-refractivity contribution in [2.45, 2.75) is 13.3 Å². The summed E-state index contributed by atoms with van der Waals surface area (Å²) in [6, 6.07) is 11.5. The zero-order valence-electron chi connectivity index (χ0n) is 17.5. The molecule has 1 aromatic heterocycles. The number of hydrazone groups is 1. The van der Waals surface area contributed by atoms with E-state index in [2.05, 4.69) is 15.5 Å². The van der Waals surface area contributed by atoms with Gasteiger partial charge in [-0.2, -0.15) is 5.10 Å². The van der Waals surface area contributed by atoms with Gasteiger partial charge in [0.2, 0.25) is 10.9 Å². The predicted octanol–water partition coefficient (Wildman–Crippen LogP) is 5.07. The van der Waals surface area contributed by atoms with Crippen LogP contribution in [0.2, 0.25) is 0 Å². The molecular formula is C22H25N3O4S. The van der Waals surface area contributed by atoms with Gasteiger partial charge in [0, 0.05) is 16.5 Å². The molecule has 7 nitrogen and oxygen atoms in total. The third-order valence-corrected chi connectivity index (χ3v) is 4.94. The van der Waals surface area contributed by atoms with Crippen LogP contribution in [0.4, 0.5) is 5.13 Å². The molecule has 8 heteroatoms. The molecule has 0 bridgehead atoms. The van der Waals surface area contributed by atoms with Gasteiger partial charge in [0.05, 0.1) is 39.8 Å². The number of aromatic nitrogens is 1. The first-order chi connectivity index (χ1) is 14.7. The summed E-state index contributed by atoms with van der Waals surface area (Å²) in [5, 5.41) is 6.96. The van der Waals surface area contributed by atoms with Crippen LogP contribution in [0.5, 0.6) is 23.0 Å². The second-order valence-electron chi connectivity index (χ2n) is 6.24. The molecule has 0 aliphatic carbocycles.